The fourth-order valence-corrected chi connectivity index (χ4v) is 3.89. The van der Waals surface area contributed by atoms with Crippen molar-refractivity contribution in [3.63, 3.8) is 0 Å². The van der Waals surface area contributed by atoms with Crippen LogP contribution in [-0.2, 0) is 6.42 Å². The summed E-state index contributed by atoms with van der Waals surface area (Å²) in [6.45, 7) is 10.3. The van der Waals surface area contributed by atoms with Crippen molar-refractivity contribution in [1.82, 2.24) is 20.1 Å². The Morgan fingerprint density at radius 3 is 2.45 bits per heavy atom. The number of nitrogens with one attached hydrogen (secondary N) is 1. The molecule has 1 atom stereocenters. The molecule has 1 saturated heterocycles. The van der Waals surface area contributed by atoms with E-state index < -0.39 is 0 Å². The lowest BCUT2D eigenvalue weighted by molar-refractivity contribution is 0.127. The largest absolute Gasteiger partial charge is 0.357 e. The molecule has 0 bridgehead atoms. The van der Waals surface area contributed by atoms with Gasteiger partial charge in [-0.2, -0.15) is 0 Å². The molecule has 1 aromatic carbocycles. The predicted octanol–water partition coefficient (Wildman–Crippen LogP) is 3.98. The topological polar surface area (TPSA) is 43.8 Å². The number of piperazine rings is 1. The quantitative estimate of drug-likeness (QED) is 0.350. The Morgan fingerprint density at radius 2 is 1.83 bits per heavy atom. The summed E-state index contributed by atoms with van der Waals surface area (Å²) in [5.41, 5.74) is 2.66. The monoisotopic (exact) mass is 507 g/mol. The number of rotatable bonds is 7. The molecule has 2 heterocycles. The highest BCUT2D eigenvalue weighted by Crippen LogP contribution is 2.25. The van der Waals surface area contributed by atoms with Crippen LogP contribution in [0.5, 0.6) is 0 Å². The highest BCUT2D eigenvalue weighted by molar-refractivity contribution is 14.0. The van der Waals surface area contributed by atoms with Gasteiger partial charge in [0.2, 0.25) is 0 Å². The van der Waals surface area contributed by atoms with E-state index in [4.69, 9.17) is 4.99 Å². The maximum Gasteiger partial charge on any atom is 0.194 e. The van der Waals surface area contributed by atoms with Crippen LogP contribution in [0.4, 0.5) is 0 Å². The summed E-state index contributed by atoms with van der Waals surface area (Å²) in [6.07, 6.45) is 5.81. The molecule has 158 valence electrons. The number of aromatic nitrogens is 1. The zero-order valence-electron chi connectivity index (χ0n) is 17.6. The van der Waals surface area contributed by atoms with Gasteiger partial charge in [-0.05, 0) is 37.0 Å². The van der Waals surface area contributed by atoms with E-state index in [1.54, 1.807) is 0 Å². The third kappa shape index (κ3) is 6.96. The number of nitrogens with zero attached hydrogens (tertiary/aromatic N) is 4. The minimum Gasteiger partial charge on any atom is -0.357 e. The summed E-state index contributed by atoms with van der Waals surface area (Å²) in [5.74, 6) is 1.04. The average Bonchev–Trinajstić information content (AvgIpc) is 2.76. The second-order valence-electron chi connectivity index (χ2n) is 7.20. The van der Waals surface area contributed by atoms with E-state index in [2.05, 4.69) is 70.3 Å². The molecule has 1 unspecified atom stereocenters. The highest BCUT2D eigenvalue weighted by atomic mass is 127. The van der Waals surface area contributed by atoms with Crippen molar-refractivity contribution < 1.29 is 0 Å². The van der Waals surface area contributed by atoms with E-state index in [9.17, 15) is 0 Å². The van der Waals surface area contributed by atoms with Crippen molar-refractivity contribution in [2.24, 2.45) is 4.99 Å². The Kier molecular flexibility index (Phi) is 10.4. The van der Waals surface area contributed by atoms with Crippen LogP contribution in [0.25, 0.3) is 0 Å². The van der Waals surface area contributed by atoms with Crippen LogP contribution in [-0.4, -0.2) is 60.0 Å². The lowest BCUT2D eigenvalue weighted by atomic mass is 10.0. The second-order valence-corrected chi connectivity index (χ2v) is 7.20. The molecule has 0 amide bonds. The zero-order valence-corrected chi connectivity index (χ0v) is 20.0. The predicted molar refractivity (Wildman–Crippen MR) is 132 cm³/mol. The maximum absolute atomic E-state index is 4.87. The molecular formula is C23H34IN5. The molecule has 0 spiro atoms. The van der Waals surface area contributed by atoms with E-state index in [0.717, 1.165) is 58.1 Å². The number of aliphatic imine (C=N–C) groups is 1. The van der Waals surface area contributed by atoms with Crippen LogP contribution in [0.1, 0.15) is 37.4 Å². The number of hydrogen-bond donors (Lipinski definition) is 1. The van der Waals surface area contributed by atoms with Crippen molar-refractivity contribution in [3.05, 3.63) is 66.0 Å². The highest BCUT2D eigenvalue weighted by Gasteiger charge is 2.25. The molecule has 2 aromatic rings. The summed E-state index contributed by atoms with van der Waals surface area (Å²) < 4.78 is 0. The fourth-order valence-electron chi connectivity index (χ4n) is 3.89. The van der Waals surface area contributed by atoms with Gasteiger partial charge in [0, 0.05) is 57.7 Å². The first-order valence-corrected chi connectivity index (χ1v) is 10.5. The minimum absolute atomic E-state index is 0. The van der Waals surface area contributed by atoms with Crippen molar-refractivity contribution >= 4 is 29.9 Å². The first-order chi connectivity index (χ1) is 13.8. The summed E-state index contributed by atoms with van der Waals surface area (Å²) in [5, 5.41) is 3.47. The van der Waals surface area contributed by atoms with E-state index >= 15 is 0 Å². The van der Waals surface area contributed by atoms with E-state index in [1.807, 2.05) is 18.5 Å². The van der Waals surface area contributed by atoms with Crippen molar-refractivity contribution in [2.45, 2.75) is 32.7 Å². The number of benzene rings is 1. The van der Waals surface area contributed by atoms with Crippen LogP contribution in [0.15, 0.2) is 59.9 Å². The van der Waals surface area contributed by atoms with Crippen LogP contribution < -0.4 is 5.32 Å². The molecule has 1 fully saturated rings. The third-order valence-corrected chi connectivity index (χ3v) is 5.35. The van der Waals surface area contributed by atoms with Crippen LogP contribution >= 0.6 is 24.0 Å². The molecular weight excluding hydrogens is 473 g/mol. The molecule has 0 radical (unpaired) electrons. The lowest BCUT2D eigenvalue weighted by Crippen LogP contribution is -2.53. The number of guanidine groups is 1. The molecule has 1 aliphatic heterocycles. The van der Waals surface area contributed by atoms with E-state index in [0.29, 0.717) is 6.04 Å². The van der Waals surface area contributed by atoms with Crippen molar-refractivity contribution in [3.8, 4) is 0 Å². The minimum atomic E-state index is 0. The molecule has 1 aliphatic rings. The van der Waals surface area contributed by atoms with Gasteiger partial charge in [-0.3, -0.25) is 14.9 Å². The van der Waals surface area contributed by atoms with Gasteiger partial charge in [0.05, 0.1) is 0 Å². The normalized spacial score (nSPS) is 16.2. The molecule has 1 N–H and O–H groups in total. The first-order valence-electron chi connectivity index (χ1n) is 10.5. The fraction of sp³-hybridized carbons (Fsp3) is 0.478. The Bertz CT molecular complexity index is 715. The van der Waals surface area contributed by atoms with Gasteiger partial charge in [0.15, 0.2) is 5.96 Å². The standard InChI is InChI=1S/C23H33N5.HI/c1-3-22(21-10-6-5-7-11-21)27-15-17-28(18-16-27)23(25-4-2)26-14-12-20-9-8-13-24-19-20;/h5-11,13,19,22H,3-4,12,14-18H2,1-2H3,(H,25,26);1H. The second kappa shape index (κ2) is 12.8. The Morgan fingerprint density at radius 1 is 1.07 bits per heavy atom. The molecule has 5 nitrogen and oxygen atoms in total. The molecule has 1 aromatic heterocycles. The van der Waals surface area contributed by atoms with Crippen molar-refractivity contribution in [1.29, 1.82) is 0 Å². The van der Waals surface area contributed by atoms with Gasteiger partial charge in [-0.15, -0.1) is 24.0 Å². The molecule has 3 rings (SSSR count). The Balaban J connectivity index is 0.00000300. The van der Waals surface area contributed by atoms with Crippen LogP contribution in [0.2, 0.25) is 0 Å². The number of pyridine rings is 1. The van der Waals surface area contributed by atoms with E-state index in [1.165, 1.54) is 11.1 Å². The third-order valence-electron chi connectivity index (χ3n) is 5.35. The van der Waals surface area contributed by atoms with Gasteiger partial charge in [0.1, 0.15) is 0 Å². The molecule has 6 heteroatoms. The smallest absolute Gasteiger partial charge is 0.194 e. The summed E-state index contributed by atoms with van der Waals surface area (Å²) in [6, 6.07) is 15.5. The van der Waals surface area contributed by atoms with Gasteiger partial charge in [0.25, 0.3) is 0 Å². The molecule has 29 heavy (non-hydrogen) atoms. The van der Waals surface area contributed by atoms with Crippen LogP contribution in [0.3, 0.4) is 0 Å². The average molecular weight is 507 g/mol. The van der Waals surface area contributed by atoms with Crippen LogP contribution in [0, 0.1) is 0 Å². The van der Waals surface area contributed by atoms with Gasteiger partial charge < -0.3 is 10.2 Å². The summed E-state index contributed by atoms with van der Waals surface area (Å²) >= 11 is 0. The Labute approximate surface area is 192 Å². The first kappa shape index (κ1) is 23.6. The SMILES string of the molecule is CCNC(=NCCc1cccnc1)N1CCN(C(CC)c2ccccc2)CC1.I. The summed E-state index contributed by atoms with van der Waals surface area (Å²) in [4.78, 5) is 14.1. The number of halogens is 1. The molecule has 0 aliphatic carbocycles. The zero-order chi connectivity index (χ0) is 19.6. The maximum atomic E-state index is 4.87. The van der Waals surface area contributed by atoms with Gasteiger partial charge in [-0.1, -0.05) is 43.3 Å². The van der Waals surface area contributed by atoms with Gasteiger partial charge in [-0.25, -0.2) is 0 Å². The number of hydrogen-bond acceptors (Lipinski definition) is 3. The summed E-state index contributed by atoms with van der Waals surface area (Å²) in [7, 11) is 0. The van der Waals surface area contributed by atoms with Gasteiger partial charge >= 0.3 is 0 Å². The van der Waals surface area contributed by atoms with E-state index in [-0.39, 0.29) is 24.0 Å². The van der Waals surface area contributed by atoms with Crippen molar-refractivity contribution in [2.75, 3.05) is 39.3 Å². The molecule has 0 saturated carbocycles. The Hall–Kier alpha value is -1.67. The lowest BCUT2D eigenvalue weighted by Gasteiger charge is -2.40.